The molecule has 5 rings (SSSR count). The molecular formula is C19H20FN3O2. The summed E-state index contributed by atoms with van der Waals surface area (Å²) in [4.78, 5) is 14.7. The third-order valence-corrected chi connectivity index (χ3v) is 6.24. The average Bonchev–Trinajstić information content (AvgIpc) is 3.31. The number of carbonyl (C=O) groups excluding carboxylic acids is 1. The Morgan fingerprint density at radius 1 is 1.20 bits per heavy atom. The van der Waals surface area contributed by atoms with E-state index in [-0.39, 0.29) is 30.3 Å². The van der Waals surface area contributed by atoms with Crippen molar-refractivity contribution in [3.05, 3.63) is 48.0 Å². The fourth-order valence-corrected chi connectivity index (χ4v) is 5.15. The number of hydrogen-bond donors (Lipinski definition) is 1. The van der Waals surface area contributed by atoms with E-state index in [0.29, 0.717) is 23.4 Å². The third-order valence-electron chi connectivity index (χ3n) is 6.24. The van der Waals surface area contributed by atoms with Gasteiger partial charge in [0.25, 0.3) is 0 Å². The maximum Gasteiger partial charge on any atom is 0.229 e. The molecule has 0 unspecified atom stereocenters. The lowest BCUT2D eigenvalue weighted by Gasteiger charge is -2.28. The number of aliphatic hydroxyl groups is 1. The maximum atomic E-state index is 13.0. The Kier molecular flexibility index (Phi) is 3.25. The van der Waals surface area contributed by atoms with Gasteiger partial charge in [-0.2, -0.15) is 5.10 Å². The van der Waals surface area contributed by atoms with Crippen LogP contribution in [-0.4, -0.2) is 44.4 Å². The van der Waals surface area contributed by atoms with Crippen molar-refractivity contribution < 1.29 is 14.3 Å². The van der Waals surface area contributed by atoms with E-state index in [2.05, 4.69) is 5.10 Å². The molecule has 1 saturated heterocycles. The van der Waals surface area contributed by atoms with Gasteiger partial charge in [-0.25, -0.2) is 9.07 Å². The first-order valence-corrected chi connectivity index (χ1v) is 8.88. The molecule has 3 fully saturated rings. The van der Waals surface area contributed by atoms with Crippen LogP contribution in [0.4, 0.5) is 4.39 Å². The third kappa shape index (κ3) is 2.31. The van der Waals surface area contributed by atoms with Crippen molar-refractivity contribution in [3.63, 3.8) is 0 Å². The summed E-state index contributed by atoms with van der Waals surface area (Å²) in [6.07, 6.45) is 3.79. The molecule has 2 aliphatic carbocycles. The number of rotatable bonds is 3. The molecule has 5 atom stereocenters. The molecule has 0 spiro atoms. The molecule has 2 bridgehead atoms. The highest BCUT2D eigenvalue weighted by molar-refractivity contribution is 5.79. The first kappa shape index (κ1) is 15.1. The van der Waals surface area contributed by atoms with E-state index in [1.54, 1.807) is 23.0 Å². The van der Waals surface area contributed by atoms with E-state index in [0.717, 1.165) is 25.1 Å². The number of carbonyl (C=O) groups is 1. The van der Waals surface area contributed by atoms with Gasteiger partial charge in [-0.1, -0.05) is 0 Å². The smallest absolute Gasteiger partial charge is 0.229 e. The van der Waals surface area contributed by atoms with E-state index in [4.69, 9.17) is 0 Å². The summed E-state index contributed by atoms with van der Waals surface area (Å²) in [5, 5.41) is 14.9. The lowest BCUT2D eigenvalue weighted by atomic mass is 9.88. The predicted molar refractivity (Wildman–Crippen MR) is 88.4 cm³/mol. The Morgan fingerprint density at radius 3 is 2.76 bits per heavy atom. The molecule has 0 radical (unpaired) electrons. The van der Waals surface area contributed by atoms with Crippen LogP contribution >= 0.6 is 0 Å². The Morgan fingerprint density at radius 2 is 2.00 bits per heavy atom. The number of fused-ring (bicyclic) bond motifs is 1. The van der Waals surface area contributed by atoms with E-state index >= 15 is 0 Å². The zero-order valence-electron chi connectivity index (χ0n) is 13.8. The monoisotopic (exact) mass is 341 g/mol. The molecule has 2 heterocycles. The minimum atomic E-state index is -0.357. The molecule has 2 aromatic rings. The number of benzene rings is 1. The van der Waals surface area contributed by atoms with Crippen molar-refractivity contribution in [1.29, 1.82) is 0 Å². The van der Waals surface area contributed by atoms with Gasteiger partial charge < -0.3 is 10.0 Å². The second-order valence-electron chi connectivity index (χ2n) is 7.59. The quantitative estimate of drug-likeness (QED) is 0.926. The van der Waals surface area contributed by atoms with Crippen LogP contribution in [0.15, 0.2) is 36.5 Å². The number of hydrogen-bond acceptors (Lipinski definition) is 3. The van der Waals surface area contributed by atoms with E-state index in [1.165, 1.54) is 12.1 Å². The van der Waals surface area contributed by atoms with Crippen molar-refractivity contribution in [2.24, 2.45) is 17.8 Å². The molecule has 130 valence electrons. The first-order valence-electron chi connectivity index (χ1n) is 8.88. The fraction of sp³-hybridized carbons (Fsp3) is 0.474. The molecule has 1 aromatic heterocycles. The highest BCUT2D eigenvalue weighted by atomic mass is 19.1. The number of amides is 1. The first-order chi connectivity index (χ1) is 12.1. The molecule has 3 aliphatic rings. The van der Waals surface area contributed by atoms with Crippen molar-refractivity contribution in [1.82, 2.24) is 14.7 Å². The highest BCUT2D eigenvalue weighted by Crippen LogP contribution is 2.54. The molecule has 1 amide bonds. The molecule has 1 aliphatic heterocycles. The molecule has 1 N–H and O–H groups in total. The van der Waals surface area contributed by atoms with Gasteiger partial charge in [0.2, 0.25) is 5.91 Å². The Labute approximate surface area is 145 Å². The van der Waals surface area contributed by atoms with Gasteiger partial charge in [0.15, 0.2) is 0 Å². The number of aromatic nitrogens is 2. The van der Waals surface area contributed by atoms with E-state index in [9.17, 15) is 14.3 Å². The SMILES string of the molecule is O=C(Cc1ccn(-c2ccc(F)cc2)n1)N1C[C@@H]2C[C@H]3C[C@H]2[C@@H]1[C@H]3O. The van der Waals surface area contributed by atoms with Crippen LogP contribution < -0.4 is 0 Å². The molecule has 5 nitrogen and oxygen atoms in total. The normalized spacial score (nSPS) is 32.6. The van der Waals surface area contributed by atoms with E-state index in [1.807, 2.05) is 11.0 Å². The summed E-state index contributed by atoms with van der Waals surface area (Å²) in [6, 6.07) is 7.91. The van der Waals surface area contributed by atoms with Gasteiger partial charge in [0, 0.05) is 12.7 Å². The van der Waals surface area contributed by atoms with Crippen LogP contribution in [0.25, 0.3) is 5.69 Å². The number of aliphatic hydroxyl groups excluding tert-OH is 1. The van der Waals surface area contributed by atoms with Gasteiger partial charge in [-0.3, -0.25) is 4.79 Å². The molecular weight excluding hydrogens is 321 g/mol. The van der Waals surface area contributed by atoms with Crippen LogP contribution in [0.3, 0.4) is 0 Å². The molecule has 6 heteroatoms. The minimum absolute atomic E-state index is 0.00966. The number of nitrogens with zero attached hydrogens (tertiary/aromatic N) is 3. The molecule has 1 aromatic carbocycles. The van der Waals surface area contributed by atoms with Crippen molar-refractivity contribution >= 4 is 5.91 Å². The van der Waals surface area contributed by atoms with Gasteiger partial charge in [0.05, 0.1) is 29.9 Å². The fourth-order valence-electron chi connectivity index (χ4n) is 5.15. The number of halogens is 1. The van der Waals surface area contributed by atoms with Gasteiger partial charge in [0.1, 0.15) is 5.82 Å². The van der Waals surface area contributed by atoms with Crippen LogP contribution in [0.1, 0.15) is 18.5 Å². The lowest BCUT2D eigenvalue weighted by molar-refractivity contribution is -0.133. The van der Waals surface area contributed by atoms with E-state index < -0.39 is 0 Å². The summed E-state index contributed by atoms with van der Waals surface area (Å²) < 4.78 is 14.7. The topological polar surface area (TPSA) is 58.4 Å². The van der Waals surface area contributed by atoms with Gasteiger partial charge >= 0.3 is 0 Å². The Balaban J connectivity index is 1.31. The molecule has 2 saturated carbocycles. The Bertz CT molecular complexity index is 816. The minimum Gasteiger partial charge on any atom is -0.391 e. The van der Waals surface area contributed by atoms with Crippen molar-refractivity contribution in [3.8, 4) is 5.69 Å². The maximum absolute atomic E-state index is 13.0. The second-order valence-corrected chi connectivity index (χ2v) is 7.59. The van der Waals surface area contributed by atoms with Crippen molar-refractivity contribution in [2.45, 2.75) is 31.4 Å². The predicted octanol–water partition coefficient (Wildman–Crippen LogP) is 1.78. The highest BCUT2D eigenvalue weighted by Gasteiger charge is 2.59. The second kappa shape index (κ2) is 5.39. The molecule has 25 heavy (non-hydrogen) atoms. The number of likely N-dealkylation sites (tertiary alicyclic amines) is 1. The summed E-state index contributed by atoms with van der Waals surface area (Å²) in [5.74, 6) is 1.20. The zero-order chi connectivity index (χ0) is 17.1. The standard InChI is InChI=1S/C19H20FN3O2/c20-13-1-3-15(4-2-13)23-6-5-14(21-23)9-17(24)22-10-12-7-11-8-16(12)18(22)19(11)25/h1-6,11-12,16,18-19,25H,7-10H2/t11-,12-,16+,18+,19-/m0/s1. The summed E-state index contributed by atoms with van der Waals surface area (Å²) in [7, 11) is 0. The average molecular weight is 341 g/mol. The van der Waals surface area contributed by atoms with Crippen molar-refractivity contribution in [2.75, 3.05) is 6.54 Å². The van der Waals surface area contributed by atoms with Gasteiger partial charge in [-0.15, -0.1) is 0 Å². The summed E-state index contributed by atoms with van der Waals surface area (Å²) in [6.45, 7) is 0.778. The van der Waals surface area contributed by atoms with Crippen LogP contribution in [-0.2, 0) is 11.2 Å². The largest absolute Gasteiger partial charge is 0.391 e. The summed E-state index contributed by atoms with van der Waals surface area (Å²) >= 11 is 0. The van der Waals surface area contributed by atoms with Gasteiger partial charge in [-0.05, 0) is 60.9 Å². The summed E-state index contributed by atoms with van der Waals surface area (Å²) in [5.41, 5.74) is 1.45. The zero-order valence-corrected chi connectivity index (χ0v) is 13.8. The Hall–Kier alpha value is -2.21. The van der Waals surface area contributed by atoms with Crippen LogP contribution in [0.5, 0.6) is 0 Å². The van der Waals surface area contributed by atoms with Crippen LogP contribution in [0.2, 0.25) is 0 Å². The lowest BCUT2D eigenvalue weighted by Crippen LogP contribution is -2.44. The van der Waals surface area contributed by atoms with Crippen LogP contribution in [0, 0.1) is 23.6 Å².